The molecule has 0 saturated carbocycles. The van der Waals surface area contributed by atoms with Gasteiger partial charge in [-0.25, -0.2) is 8.42 Å². The van der Waals surface area contributed by atoms with Gasteiger partial charge in [0.1, 0.15) is 11.8 Å². The lowest BCUT2D eigenvalue weighted by Gasteiger charge is -2.39. The van der Waals surface area contributed by atoms with Crippen LogP contribution in [0, 0.1) is 0 Å². The Morgan fingerprint density at radius 1 is 1.12 bits per heavy atom. The molecule has 0 spiro atoms. The molecule has 10 nitrogen and oxygen atoms in total. The Hall–Kier alpha value is -2.50. The number of carbonyl (C=O) groups excluding carboxylic acids is 1. The fraction of sp³-hybridized carbons (Fsp3) is 0.571. The smallest absolute Gasteiger partial charge is 0.241 e. The van der Waals surface area contributed by atoms with Crippen LogP contribution < -0.4 is 4.74 Å². The first-order chi connectivity index (χ1) is 15.3. The molecule has 1 amide bonds. The standard InChI is InChI=1S/C21H29N5O5S/c1-30-17-8-6-16(7-9-17)20-22-19(31-23-20)15-24-11-13-25(14-12-24)21(27)18-5-3-4-10-26(18)32(2,28)29/h6-9,18H,3-5,10-15H2,1-2H3. The maximum atomic E-state index is 13.0. The summed E-state index contributed by atoms with van der Waals surface area (Å²) in [7, 11) is -1.78. The zero-order chi connectivity index (χ0) is 22.7. The molecular formula is C21H29N5O5S. The van der Waals surface area contributed by atoms with Crippen molar-refractivity contribution >= 4 is 15.9 Å². The summed E-state index contributed by atoms with van der Waals surface area (Å²) in [6.45, 7) is 3.35. The normalized spacial score (nSPS) is 20.9. The van der Waals surface area contributed by atoms with Crippen molar-refractivity contribution in [1.29, 1.82) is 0 Å². The summed E-state index contributed by atoms with van der Waals surface area (Å²) in [5.41, 5.74) is 0.846. The van der Waals surface area contributed by atoms with Gasteiger partial charge in [0, 0.05) is 38.3 Å². The molecular weight excluding hydrogens is 434 g/mol. The number of piperidine rings is 1. The molecule has 0 N–H and O–H groups in total. The maximum Gasteiger partial charge on any atom is 0.241 e. The molecule has 4 rings (SSSR count). The van der Waals surface area contributed by atoms with Crippen LogP contribution in [0.2, 0.25) is 0 Å². The quantitative estimate of drug-likeness (QED) is 0.629. The van der Waals surface area contributed by atoms with E-state index in [4.69, 9.17) is 9.26 Å². The van der Waals surface area contributed by atoms with Crippen LogP contribution in [0.3, 0.4) is 0 Å². The van der Waals surface area contributed by atoms with Crippen molar-refractivity contribution in [2.24, 2.45) is 0 Å². The molecule has 0 bridgehead atoms. The summed E-state index contributed by atoms with van der Waals surface area (Å²) in [6, 6.07) is 6.87. The van der Waals surface area contributed by atoms with E-state index < -0.39 is 16.1 Å². The monoisotopic (exact) mass is 463 g/mol. The van der Waals surface area contributed by atoms with E-state index in [0.717, 1.165) is 24.2 Å². The Labute approximate surface area is 188 Å². The van der Waals surface area contributed by atoms with E-state index in [2.05, 4.69) is 15.0 Å². The van der Waals surface area contributed by atoms with E-state index in [-0.39, 0.29) is 5.91 Å². The minimum absolute atomic E-state index is 0.0886. The van der Waals surface area contributed by atoms with Crippen molar-refractivity contribution < 1.29 is 22.5 Å². The molecule has 3 heterocycles. The van der Waals surface area contributed by atoms with Gasteiger partial charge in [-0.15, -0.1) is 0 Å². The Morgan fingerprint density at radius 3 is 2.50 bits per heavy atom. The number of amides is 1. The van der Waals surface area contributed by atoms with Gasteiger partial charge >= 0.3 is 0 Å². The molecule has 11 heteroatoms. The van der Waals surface area contributed by atoms with Crippen LogP contribution in [-0.4, -0.2) is 90.7 Å². The molecule has 1 aromatic carbocycles. The molecule has 1 atom stereocenters. The molecule has 2 fully saturated rings. The van der Waals surface area contributed by atoms with E-state index in [9.17, 15) is 13.2 Å². The largest absolute Gasteiger partial charge is 0.497 e. The lowest BCUT2D eigenvalue weighted by Crippen LogP contribution is -2.56. The van der Waals surface area contributed by atoms with Crippen LogP contribution >= 0.6 is 0 Å². The van der Waals surface area contributed by atoms with Crippen molar-refractivity contribution in [2.75, 3.05) is 46.1 Å². The van der Waals surface area contributed by atoms with Gasteiger partial charge in [-0.2, -0.15) is 9.29 Å². The first-order valence-corrected chi connectivity index (χ1v) is 12.6. The zero-order valence-corrected chi connectivity index (χ0v) is 19.3. The van der Waals surface area contributed by atoms with Crippen molar-refractivity contribution in [2.45, 2.75) is 31.8 Å². The number of benzene rings is 1. The number of carbonyl (C=O) groups is 1. The zero-order valence-electron chi connectivity index (χ0n) is 18.4. The number of rotatable bonds is 6. The third-order valence-electron chi connectivity index (χ3n) is 6.02. The molecule has 0 aliphatic carbocycles. The minimum Gasteiger partial charge on any atom is -0.497 e. The van der Waals surface area contributed by atoms with E-state index in [1.807, 2.05) is 24.3 Å². The summed E-state index contributed by atoms with van der Waals surface area (Å²) in [6.07, 6.45) is 3.44. The van der Waals surface area contributed by atoms with E-state index in [0.29, 0.717) is 57.4 Å². The number of piperazine rings is 1. The van der Waals surface area contributed by atoms with Crippen LogP contribution in [0.4, 0.5) is 0 Å². The van der Waals surface area contributed by atoms with E-state index >= 15 is 0 Å². The van der Waals surface area contributed by atoms with Crippen molar-refractivity contribution in [3.63, 3.8) is 0 Å². The van der Waals surface area contributed by atoms with Crippen LogP contribution in [0.1, 0.15) is 25.2 Å². The van der Waals surface area contributed by atoms with Crippen LogP contribution in [0.5, 0.6) is 5.75 Å². The molecule has 2 aromatic rings. The average molecular weight is 464 g/mol. The van der Waals surface area contributed by atoms with Crippen LogP contribution in [-0.2, 0) is 21.4 Å². The number of methoxy groups -OCH3 is 1. The Bertz CT molecular complexity index is 1030. The number of hydrogen-bond donors (Lipinski definition) is 0. The number of ether oxygens (including phenoxy) is 1. The molecule has 2 aliphatic rings. The second kappa shape index (κ2) is 9.55. The Morgan fingerprint density at radius 2 is 1.84 bits per heavy atom. The molecule has 2 aliphatic heterocycles. The van der Waals surface area contributed by atoms with Gasteiger partial charge in [-0.3, -0.25) is 9.69 Å². The predicted octanol–water partition coefficient (Wildman–Crippen LogP) is 1.20. The summed E-state index contributed by atoms with van der Waals surface area (Å²) in [4.78, 5) is 21.4. The summed E-state index contributed by atoms with van der Waals surface area (Å²) in [5, 5.41) is 4.06. The predicted molar refractivity (Wildman–Crippen MR) is 117 cm³/mol. The van der Waals surface area contributed by atoms with Gasteiger partial charge < -0.3 is 14.2 Å². The highest BCUT2D eigenvalue weighted by Crippen LogP contribution is 2.23. The minimum atomic E-state index is -3.39. The molecule has 1 unspecified atom stereocenters. The Kier molecular flexibility index (Phi) is 6.77. The fourth-order valence-electron chi connectivity index (χ4n) is 4.25. The SMILES string of the molecule is COc1ccc(-c2noc(CN3CCN(C(=O)C4CCCCN4S(C)(=O)=O)CC3)n2)cc1. The van der Waals surface area contributed by atoms with Crippen molar-refractivity contribution in [1.82, 2.24) is 24.2 Å². The third kappa shape index (κ3) is 5.11. The average Bonchev–Trinajstić information content (AvgIpc) is 3.27. The highest BCUT2D eigenvalue weighted by atomic mass is 32.2. The number of nitrogens with zero attached hydrogens (tertiary/aromatic N) is 5. The van der Waals surface area contributed by atoms with Gasteiger partial charge in [0.25, 0.3) is 0 Å². The van der Waals surface area contributed by atoms with Gasteiger partial charge in [0.2, 0.25) is 27.6 Å². The van der Waals surface area contributed by atoms with E-state index in [1.54, 1.807) is 12.0 Å². The lowest BCUT2D eigenvalue weighted by atomic mass is 10.0. The summed E-state index contributed by atoms with van der Waals surface area (Å²) >= 11 is 0. The molecule has 174 valence electrons. The number of hydrogen-bond acceptors (Lipinski definition) is 8. The van der Waals surface area contributed by atoms with Gasteiger partial charge in [0.15, 0.2) is 0 Å². The summed E-state index contributed by atoms with van der Waals surface area (Å²) in [5.74, 6) is 1.72. The van der Waals surface area contributed by atoms with Crippen LogP contribution in [0.15, 0.2) is 28.8 Å². The fourth-order valence-corrected chi connectivity index (χ4v) is 5.37. The van der Waals surface area contributed by atoms with Gasteiger partial charge in [-0.1, -0.05) is 11.6 Å². The lowest BCUT2D eigenvalue weighted by molar-refractivity contribution is -0.138. The number of sulfonamides is 1. The first kappa shape index (κ1) is 22.7. The molecule has 0 radical (unpaired) electrons. The van der Waals surface area contributed by atoms with E-state index in [1.165, 1.54) is 10.6 Å². The van der Waals surface area contributed by atoms with Crippen molar-refractivity contribution in [3.8, 4) is 17.1 Å². The highest BCUT2D eigenvalue weighted by molar-refractivity contribution is 7.88. The summed E-state index contributed by atoms with van der Waals surface area (Å²) < 4.78 is 36.1. The molecule has 1 aromatic heterocycles. The topological polar surface area (TPSA) is 109 Å². The second-order valence-corrected chi connectivity index (χ2v) is 10.2. The van der Waals surface area contributed by atoms with Crippen LogP contribution in [0.25, 0.3) is 11.4 Å². The van der Waals surface area contributed by atoms with Gasteiger partial charge in [0.05, 0.1) is 19.9 Å². The second-order valence-electron chi connectivity index (χ2n) is 8.23. The highest BCUT2D eigenvalue weighted by Gasteiger charge is 2.37. The third-order valence-corrected chi connectivity index (χ3v) is 7.31. The Balaban J connectivity index is 1.32. The molecule has 2 saturated heterocycles. The van der Waals surface area contributed by atoms with Crippen molar-refractivity contribution in [3.05, 3.63) is 30.2 Å². The molecule has 32 heavy (non-hydrogen) atoms. The van der Waals surface area contributed by atoms with Gasteiger partial charge in [-0.05, 0) is 37.1 Å². The first-order valence-electron chi connectivity index (χ1n) is 10.8. The maximum absolute atomic E-state index is 13.0. The number of aromatic nitrogens is 2.